The second-order valence-corrected chi connectivity index (χ2v) is 18.0. The lowest BCUT2D eigenvalue weighted by Crippen LogP contribution is -2.64. The topological polar surface area (TPSA) is 92.8 Å². The van der Waals surface area contributed by atoms with Crippen molar-refractivity contribution >= 4 is 30.9 Å². The molecule has 0 radical (unpaired) electrons. The second kappa shape index (κ2) is 9.06. The van der Waals surface area contributed by atoms with E-state index in [0.717, 1.165) is 5.56 Å². The monoisotopic (exact) mass is 567 g/mol. The van der Waals surface area contributed by atoms with Gasteiger partial charge in [0, 0.05) is 29.4 Å². The van der Waals surface area contributed by atoms with Gasteiger partial charge < -0.3 is 9.74 Å². The standard InChI is InChI=1S/C32H34FN5O2Si/c1-30(2,3)41(5,6)40-31(4)18-32(19-31)16-25(39)36-29-23(17-34)28(37-38(29)32)22-14-12-21-13-15-24(35-27(21)26(22)33)20-10-8-7-9-11-20/h7-15H,16,18-19H2,1-6H3,(H,36,39). The number of carbonyl (C=O) groups is 1. The van der Waals surface area contributed by atoms with E-state index in [0.29, 0.717) is 29.7 Å². The highest BCUT2D eigenvalue weighted by atomic mass is 28.4. The molecule has 2 aliphatic rings. The zero-order valence-electron chi connectivity index (χ0n) is 24.3. The van der Waals surface area contributed by atoms with Crippen molar-refractivity contribution < 1.29 is 13.6 Å². The smallest absolute Gasteiger partial charge is 0.228 e. The molecule has 0 bridgehead atoms. The van der Waals surface area contributed by atoms with Gasteiger partial charge in [-0.25, -0.2) is 14.1 Å². The summed E-state index contributed by atoms with van der Waals surface area (Å²) < 4.78 is 24.7. The third-order valence-electron chi connectivity index (χ3n) is 9.03. The number of nitriles is 1. The molecule has 1 spiro atoms. The lowest BCUT2D eigenvalue weighted by molar-refractivity contribution is -0.133. The van der Waals surface area contributed by atoms with Crippen molar-refractivity contribution in [3.05, 3.63) is 66.0 Å². The average molecular weight is 568 g/mol. The molecular weight excluding hydrogens is 533 g/mol. The molecule has 3 heterocycles. The van der Waals surface area contributed by atoms with Crippen molar-refractivity contribution in [3.63, 3.8) is 0 Å². The minimum absolute atomic E-state index is 0.0444. The Balaban J connectivity index is 1.42. The maximum absolute atomic E-state index is 16.2. The summed E-state index contributed by atoms with van der Waals surface area (Å²) in [6.45, 7) is 13.2. The summed E-state index contributed by atoms with van der Waals surface area (Å²) in [6, 6.07) is 18.9. The highest BCUT2D eigenvalue weighted by Crippen LogP contribution is 2.56. The molecular formula is C32H34FN5O2Si. The zero-order valence-corrected chi connectivity index (χ0v) is 25.3. The number of halogens is 1. The number of rotatable bonds is 4. The van der Waals surface area contributed by atoms with Crippen LogP contribution in [0.4, 0.5) is 10.2 Å². The van der Waals surface area contributed by atoms with E-state index in [1.165, 1.54) is 0 Å². The molecule has 6 rings (SSSR count). The molecule has 0 unspecified atom stereocenters. The Bertz CT molecular complexity index is 1740. The van der Waals surface area contributed by atoms with Crippen LogP contribution in [0.15, 0.2) is 54.6 Å². The molecule has 0 atom stereocenters. The van der Waals surface area contributed by atoms with E-state index in [2.05, 4.69) is 57.2 Å². The van der Waals surface area contributed by atoms with Gasteiger partial charge in [-0.3, -0.25) is 4.79 Å². The number of amides is 1. The van der Waals surface area contributed by atoms with Gasteiger partial charge in [-0.05, 0) is 37.2 Å². The van der Waals surface area contributed by atoms with E-state index in [9.17, 15) is 10.1 Å². The van der Waals surface area contributed by atoms with Crippen LogP contribution in [0.3, 0.4) is 0 Å². The Kier molecular flexibility index (Phi) is 6.04. The fraction of sp³-hybridized carbons (Fsp3) is 0.375. The van der Waals surface area contributed by atoms with E-state index in [1.807, 2.05) is 42.5 Å². The molecule has 1 fully saturated rings. The van der Waals surface area contributed by atoms with Gasteiger partial charge >= 0.3 is 0 Å². The molecule has 1 amide bonds. The lowest BCUT2D eigenvalue weighted by atomic mass is 9.63. The van der Waals surface area contributed by atoms with Crippen molar-refractivity contribution in [3.8, 4) is 28.6 Å². The minimum Gasteiger partial charge on any atom is -0.411 e. The van der Waals surface area contributed by atoms with Crippen molar-refractivity contribution in [1.82, 2.24) is 14.8 Å². The fourth-order valence-electron chi connectivity index (χ4n) is 6.28. The first-order valence-electron chi connectivity index (χ1n) is 13.9. The van der Waals surface area contributed by atoms with Gasteiger partial charge in [0.1, 0.15) is 28.7 Å². The van der Waals surface area contributed by atoms with Crippen LogP contribution in [0.1, 0.15) is 52.5 Å². The van der Waals surface area contributed by atoms with Crippen LogP contribution in [0, 0.1) is 17.1 Å². The van der Waals surface area contributed by atoms with Crippen LogP contribution in [0.25, 0.3) is 33.4 Å². The molecule has 2 aromatic carbocycles. The molecule has 1 aliphatic carbocycles. The second-order valence-electron chi connectivity index (χ2n) is 13.3. The number of fused-ring (bicyclic) bond motifs is 3. The number of hydrogen-bond donors (Lipinski definition) is 1. The molecule has 1 aliphatic heterocycles. The van der Waals surface area contributed by atoms with Gasteiger partial charge in [-0.2, -0.15) is 10.4 Å². The number of nitrogens with one attached hydrogen (secondary N) is 1. The lowest BCUT2D eigenvalue weighted by Gasteiger charge is -2.58. The molecule has 210 valence electrons. The molecule has 2 aromatic heterocycles. The van der Waals surface area contributed by atoms with Crippen LogP contribution < -0.4 is 5.32 Å². The summed E-state index contributed by atoms with van der Waals surface area (Å²) in [5.74, 6) is -0.408. The quantitative estimate of drug-likeness (QED) is 0.260. The first kappa shape index (κ1) is 27.3. The summed E-state index contributed by atoms with van der Waals surface area (Å²) in [7, 11) is -2.07. The molecule has 1 N–H and O–H groups in total. The normalized spacial score (nSPS) is 22.2. The van der Waals surface area contributed by atoms with Crippen molar-refractivity contribution in [2.24, 2.45) is 0 Å². The van der Waals surface area contributed by atoms with Crippen LogP contribution >= 0.6 is 0 Å². The molecule has 41 heavy (non-hydrogen) atoms. The van der Waals surface area contributed by atoms with Crippen LogP contribution in [-0.4, -0.2) is 34.6 Å². The van der Waals surface area contributed by atoms with Crippen molar-refractivity contribution in [2.45, 2.75) is 76.2 Å². The van der Waals surface area contributed by atoms with Gasteiger partial charge in [-0.15, -0.1) is 0 Å². The summed E-state index contributed by atoms with van der Waals surface area (Å²) in [4.78, 5) is 17.6. The number of hydrogen-bond acceptors (Lipinski definition) is 5. The maximum Gasteiger partial charge on any atom is 0.228 e. The Morgan fingerprint density at radius 3 is 2.44 bits per heavy atom. The first-order chi connectivity index (χ1) is 19.3. The zero-order chi connectivity index (χ0) is 29.4. The highest BCUT2D eigenvalue weighted by Gasteiger charge is 2.60. The van der Waals surface area contributed by atoms with Crippen LogP contribution in [0.5, 0.6) is 0 Å². The van der Waals surface area contributed by atoms with Crippen LogP contribution in [0.2, 0.25) is 18.1 Å². The molecule has 7 nitrogen and oxygen atoms in total. The fourth-order valence-corrected chi connectivity index (χ4v) is 7.97. The summed E-state index contributed by atoms with van der Waals surface area (Å²) >= 11 is 0. The Morgan fingerprint density at radius 1 is 1.10 bits per heavy atom. The van der Waals surface area contributed by atoms with Gasteiger partial charge in [0.05, 0.1) is 23.3 Å². The third-order valence-corrected chi connectivity index (χ3v) is 13.6. The number of aromatic nitrogens is 3. The minimum atomic E-state index is -2.07. The van der Waals surface area contributed by atoms with E-state index >= 15 is 4.39 Å². The van der Waals surface area contributed by atoms with E-state index < -0.39 is 25.3 Å². The number of carbonyl (C=O) groups excluding carboxylic acids is 1. The van der Waals surface area contributed by atoms with Gasteiger partial charge in [0.25, 0.3) is 0 Å². The molecule has 1 saturated carbocycles. The first-order valence-corrected chi connectivity index (χ1v) is 16.9. The number of benzene rings is 2. The summed E-state index contributed by atoms with van der Waals surface area (Å²) in [5, 5.41) is 18.6. The third kappa shape index (κ3) is 4.37. The van der Waals surface area contributed by atoms with E-state index in [4.69, 9.17) is 9.52 Å². The largest absolute Gasteiger partial charge is 0.411 e. The molecule has 0 saturated heterocycles. The van der Waals surface area contributed by atoms with Gasteiger partial charge in [-0.1, -0.05) is 63.2 Å². The van der Waals surface area contributed by atoms with Gasteiger partial charge in [0.2, 0.25) is 5.91 Å². The molecule has 4 aromatic rings. The Morgan fingerprint density at radius 2 is 1.78 bits per heavy atom. The summed E-state index contributed by atoms with van der Waals surface area (Å²) in [5.41, 5.74) is 1.22. The highest BCUT2D eigenvalue weighted by molar-refractivity contribution is 6.74. The van der Waals surface area contributed by atoms with Crippen LogP contribution in [-0.2, 0) is 14.8 Å². The van der Waals surface area contributed by atoms with Crippen molar-refractivity contribution in [1.29, 1.82) is 5.26 Å². The summed E-state index contributed by atoms with van der Waals surface area (Å²) in [6.07, 6.45) is 1.40. The Labute approximate surface area is 240 Å². The maximum atomic E-state index is 16.2. The number of nitrogens with zero attached hydrogens (tertiary/aromatic N) is 4. The van der Waals surface area contributed by atoms with Crippen molar-refractivity contribution in [2.75, 3.05) is 5.32 Å². The Hall–Kier alpha value is -3.87. The predicted octanol–water partition coefficient (Wildman–Crippen LogP) is 7.39. The van der Waals surface area contributed by atoms with E-state index in [-0.39, 0.29) is 39.7 Å². The average Bonchev–Trinajstić information content (AvgIpc) is 3.26. The predicted molar refractivity (Wildman–Crippen MR) is 160 cm³/mol. The SMILES string of the molecule is CC1(O[Si](C)(C)C(C)(C)C)CC2(CC(=O)Nc3c(C#N)c(-c4ccc5ccc(-c6ccccc6)nc5c4F)nn32)C1. The van der Waals surface area contributed by atoms with Gasteiger partial charge in [0.15, 0.2) is 14.1 Å². The molecule has 9 heteroatoms. The van der Waals surface area contributed by atoms with E-state index in [1.54, 1.807) is 16.8 Å². The number of anilines is 1. The number of pyridine rings is 1.